The van der Waals surface area contributed by atoms with Gasteiger partial charge in [-0.2, -0.15) is 0 Å². The summed E-state index contributed by atoms with van der Waals surface area (Å²) in [5.74, 6) is 0.851. The number of aryl methyl sites for hydroxylation is 2. The minimum atomic E-state index is -2.06. The molecule has 12 aromatic rings. The average Bonchev–Trinajstić information content (AvgIpc) is 1.04. The maximum atomic E-state index is 13.8. The van der Waals surface area contributed by atoms with Gasteiger partial charge in [0.25, 0.3) is 0 Å². The van der Waals surface area contributed by atoms with Crippen LogP contribution < -0.4 is 27.6 Å². The van der Waals surface area contributed by atoms with Gasteiger partial charge in [-0.3, -0.25) is 34.7 Å². The van der Waals surface area contributed by atoms with Gasteiger partial charge in [-0.1, -0.05) is 149 Å². The fourth-order valence-electron chi connectivity index (χ4n) is 18.4. The standard InChI is InChI=1S/C53H62N4O9P2.C51H58N4O9P2/c1-15-61-48(58)41-23-20-38-31(5)37-19-18-30(4)54(37)67(55(38)41)65-44-28-33(51(7,8)9)26-35-46(44)64-47-36(53(35,13)14)27-34(52(10,11)12)29-45(47)66-68-56-39(21-24-42(56)49(59)62-16-2)32(6)40-22-25-43(57(40)68)50(60)63-17-3;1-13-59-46(56)39-21-18-34-28-33-17-16-30(4)52(33)65(53(34)39)63-42-26-31(49(5,6)7)24-37-44(42)62-45-38(51(37,11)12)25-32(50(8,9)10)27-43(45)64-66-54-35(19-22-40(54)47(57)60-14-2)29-36-20-23-41(55(36)66)48(58)61-15-3/h18-29,31-32H,15-17H2,1-14H3;16-27H,13-15,28-29H2,1-12H3. The Kier molecular flexibility index (Phi) is 24.6. The number of carbonyl (C=O) groups is 6. The summed E-state index contributed by atoms with van der Waals surface area (Å²) in [5.41, 5.74) is 16.7. The highest BCUT2D eigenvalue weighted by molar-refractivity contribution is 7.51. The topological polar surface area (TPSA) is 253 Å². The van der Waals surface area contributed by atoms with Crippen molar-refractivity contribution in [1.29, 1.82) is 0 Å². The average molecular weight is 1890 g/mol. The predicted octanol–water partition coefficient (Wildman–Crippen LogP) is 25.1. The van der Waals surface area contributed by atoms with E-state index < -0.39 is 80.4 Å². The van der Waals surface area contributed by atoms with Crippen molar-refractivity contribution < 1.29 is 84.8 Å². The summed E-state index contributed by atoms with van der Waals surface area (Å²) in [6.07, 6.45) is 1.07. The summed E-state index contributed by atoms with van der Waals surface area (Å²) >= 11 is 0. The van der Waals surface area contributed by atoms with E-state index >= 15 is 0 Å². The minimum Gasteiger partial charge on any atom is -0.461 e. The molecule has 3 atom stereocenters. The Hall–Kier alpha value is -11.5. The molecule has 704 valence electrons. The molecule has 8 aromatic heterocycles. The zero-order chi connectivity index (χ0) is 96.1. The largest absolute Gasteiger partial charge is 0.461 e. The molecule has 18 rings (SSSR count). The van der Waals surface area contributed by atoms with E-state index in [1.807, 2.05) is 101 Å². The lowest BCUT2D eigenvalue weighted by molar-refractivity contribution is 0.0506. The van der Waals surface area contributed by atoms with Crippen LogP contribution in [0.2, 0.25) is 0 Å². The Bertz CT molecular complexity index is 6620. The van der Waals surface area contributed by atoms with Crippen molar-refractivity contribution in [2.75, 3.05) is 39.6 Å². The smallest absolute Gasteiger partial charge is 0.355 e. The van der Waals surface area contributed by atoms with Gasteiger partial charge in [0, 0.05) is 115 Å². The first kappa shape index (κ1) is 94.2. The third-order valence-electron chi connectivity index (χ3n) is 25.9. The van der Waals surface area contributed by atoms with E-state index in [0.29, 0.717) is 93.0 Å². The number of esters is 6. The fraction of sp³-hybridized carbons (Fsp3) is 0.404. The summed E-state index contributed by atoms with van der Waals surface area (Å²) in [7, 11) is -7.59. The molecule has 4 aromatic carbocycles. The highest BCUT2D eigenvalue weighted by Crippen LogP contribution is 2.66. The number of hydrogen-bond donors (Lipinski definition) is 0. The van der Waals surface area contributed by atoms with Gasteiger partial charge in [-0.05, 0) is 221 Å². The molecule has 14 heterocycles. The SMILES string of the molecule is CCOC(=O)c1ccc2n1P(Oc1cc(C(C)(C)C)cc3c1Oc1c(OP4n5c(C(=O)OCC)ccc5C(C)c5ccc(C(=O)OCC)n54)cc(C(C)(C)C)cc1C3(C)C)n1c(C)ccc1C2C.CCOC(=O)c1ccc2n1P(Oc1cc(C(C)(C)C)cc3c1Oc1c(OP4n5c(ccc5C(=O)OCC)Cc5ccc(C(=O)OCC)n54)cc(C(C)(C)C)cc1C3(C)C)n1c(C)ccc1C2. The molecule has 0 N–H and O–H groups in total. The summed E-state index contributed by atoms with van der Waals surface area (Å²) < 4.78 is 93.8. The maximum absolute atomic E-state index is 13.8. The molecule has 0 amide bonds. The highest BCUT2D eigenvalue weighted by atomic mass is 31.2. The number of nitrogens with zero attached hydrogens (tertiary/aromatic N) is 8. The molecule has 26 nitrogen and oxygen atoms in total. The fourth-order valence-corrected chi connectivity index (χ4v) is 26.9. The first-order valence-electron chi connectivity index (χ1n) is 46.1. The quantitative estimate of drug-likeness (QED) is 0.0390. The summed E-state index contributed by atoms with van der Waals surface area (Å²) in [6.45, 7) is 55.1. The number of carbonyl (C=O) groups excluding carboxylic acids is 6. The summed E-state index contributed by atoms with van der Waals surface area (Å²) in [5, 5.41) is 0. The third-order valence-corrected chi connectivity index (χ3v) is 34.0. The van der Waals surface area contributed by atoms with Gasteiger partial charge in [-0.15, -0.1) is 0 Å². The minimum absolute atomic E-state index is 0.0251. The van der Waals surface area contributed by atoms with Gasteiger partial charge in [0.05, 0.1) is 39.6 Å². The lowest BCUT2D eigenvalue weighted by Gasteiger charge is -2.40. The third kappa shape index (κ3) is 16.1. The number of benzene rings is 4. The van der Waals surface area contributed by atoms with Crippen molar-refractivity contribution >= 4 is 69.6 Å². The molecule has 30 heteroatoms. The van der Waals surface area contributed by atoms with Crippen LogP contribution in [0.25, 0.3) is 0 Å². The molecular weight excluding hydrogens is 1770 g/mol. The second kappa shape index (κ2) is 35.0. The zero-order valence-corrected chi connectivity index (χ0v) is 85.0. The second-order valence-electron chi connectivity index (χ2n) is 39.8. The van der Waals surface area contributed by atoms with Crippen molar-refractivity contribution in [2.24, 2.45) is 0 Å². The van der Waals surface area contributed by atoms with Gasteiger partial charge >= 0.3 is 69.6 Å². The van der Waals surface area contributed by atoms with E-state index in [2.05, 4.69) is 194 Å². The molecule has 0 saturated heterocycles. The van der Waals surface area contributed by atoms with Gasteiger partial charge in [0.1, 0.15) is 34.2 Å². The molecule has 6 aliphatic heterocycles. The maximum Gasteiger partial charge on any atom is 0.355 e. The molecule has 0 aliphatic carbocycles. The Morgan fingerprint density at radius 2 is 0.515 bits per heavy atom. The van der Waals surface area contributed by atoms with E-state index in [1.165, 1.54) is 0 Å². The number of hydrogen-bond acceptors (Lipinski definition) is 18. The van der Waals surface area contributed by atoms with Crippen LogP contribution in [0.5, 0.6) is 46.0 Å². The van der Waals surface area contributed by atoms with Gasteiger partial charge in [-0.25, -0.2) is 28.8 Å². The van der Waals surface area contributed by atoms with Crippen molar-refractivity contribution in [3.8, 4) is 46.0 Å². The molecule has 0 bridgehead atoms. The van der Waals surface area contributed by atoms with Crippen LogP contribution in [-0.2, 0) is 73.8 Å². The Labute approximate surface area is 788 Å². The lowest BCUT2D eigenvalue weighted by atomic mass is 9.72. The van der Waals surface area contributed by atoms with E-state index in [9.17, 15) is 28.8 Å². The van der Waals surface area contributed by atoms with Crippen molar-refractivity contribution in [3.63, 3.8) is 0 Å². The monoisotopic (exact) mass is 1890 g/mol. The first-order chi connectivity index (χ1) is 63.4. The first-order valence-corrected chi connectivity index (χ1v) is 50.8. The normalized spacial score (nSPS) is 17.3. The molecule has 3 unspecified atom stereocenters. The molecule has 6 aliphatic rings. The highest BCUT2D eigenvalue weighted by Gasteiger charge is 2.49. The Morgan fingerprint density at radius 1 is 0.306 bits per heavy atom. The predicted molar refractivity (Wildman–Crippen MR) is 520 cm³/mol. The lowest BCUT2D eigenvalue weighted by Crippen LogP contribution is -2.29. The van der Waals surface area contributed by atoms with Crippen LogP contribution >= 0.6 is 33.8 Å². The summed E-state index contributed by atoms with van der Waals surface area (Å²) in [6, 6.07) is 47.8. The zero-order valence-electron chi connectivity index (χ0n) is 81.4. The van der Waals surface area contributed by atoms with E-state index in [0.717, 1.165) is 101 Å². The summed E-state index contributed by atoms with van der Waals surface area (Å²) in [4.78, 5) is 82.2. The van der Waals surface area contributed by atoms with Gasteiger partial charge in [0.2, 0.25) is 0 Å². The van der Waals surface area contributed by atoms with Crippen LogP contribution in [0.1, 0.15) is 342 Å². The molecular formula is C104H120N8O18P4. The van der Waals surface area contributed by atoms with Crippen LogP contribution in [0.15, 0.2) is 146 Å². The van der Waals surface area contributed by atoms with Crippen LogP contribution in [0.4, 0.5) is 0 Å². The van der Waals surface area contributed by atoms with Crippen molar-refractivity contribution in [2.45, 2.75) is 237 Å². The van der Waals surface area contributed by atoms with Gasteiger partial charge < -0.3 is 56.0 Å². The Balaban J connectivity index is 0.000000187. The molecule has 0 spiro atoms. The van der Waals surface area contributed by atoms with E-state index in [4.69, 9.17) is 56.0 Å². The number of ether oxygens (including phenoxy) is 8. The van der Waals surface area contributed by atoms with E-state index in [1.54, 1.807) is 65.8 Å². The molecule has 0 radical (unpaired) electrons. The molecule has 134 heavy (non-hydrogen) atoms. The number of fused-ring (bicyclic) bond motifs is 12. The molecule has 0 fully saturated rings. The number of rotatable bonds is 20. The van der Waals surface area contributed by atoms with Gasteiger partial charge in [0.15, 0.2) is 46.0 Å². The Morgan fingerprint density at radius 3 is 0.791 bits per heavy atom. The number of aromatic nitrogens is 8. The van der Waals surface area contributed by atoms with Crippen LogP contribution in [0, 0.1) is 13.8 Å². The van der Waals surface area contributed by atoms with Crippen LogP contribution in [-0.4, -0.2) is 110 Å². The van der Waals surface area contributed by atoms with E-state index in [-0.39, 0.29) is 73.1 Å². The van der Waals surface area contributed by atoms with Crippen molar-refractivity contribution in [3.05, 3.63) is 281 Å². The molecule has 0 saturated carbocycles. The second-order valence-corrected chi connectivity index (χ2v) is 45.7. The van der Waals surface area contributed by atoms with Crippen LogP contribution in [0.3, 0.4) is 0 Å². The van der Waals surface area contributed by atoms with Crippen molar-refractivity contribution in [1.82, 2.24) is 34.7 Å².